The average molecular weight is 317 g/mol. The fourth-order valence-electron chi connectivity index (χ4n) is 2.70. The van der Waals surface area contributed by atoms with Gasteiger partial charge < -0.3 is 5.32 Å². The van der Waals surface area contributed by atoms with E-state index in [1.165, 1.54) is 0 Å². The molecular formula is C18H15N5O. The molecule has 0 bridgehead atoms. The van der Waals surface area contributed by atoms with Crippen LogP contribution in [0.4, 0.5) is 5.69 Å². The monoisotopic (exact) mass is 317 g/mol. The fraction of sp³-hybridized carbons (Fsp3) is 0.111. The fourth-order valence-corrected chi connectivity index (χ4v) is 2.70. The van der Waals surface area contributed by atoms with Crippen LogP contribution in [0.1, 0.15) is 17.3 Å². The van der Waals surface area contributed by atoms with Gasteiger partial charge in [-0.1, -0.05) is 11.3 Å². The first kappa shape index (κ1) is 14.3. The van der Waals surface area contributed by atoms with E-state index in [1.807, 2.05) is 43.3 Å². The Labute approximate surface area is 138 Å². The van der Waals surface area contributed by atoms with E-state index in [4.69, 9.17) is 0 Å². The van der Waals surface area contributed by atoms with Gasteiger partial charge in [-0.15, -0.1) is 5.10 Å². The lowest BCUT2D eigenvalue weighted by Crippen LogP contribution is -2.11. The van der Waals surface area contributed by atoms with Crippen LogP contribution in [0.5, 0.6) is 0 Å². The van der Waals surface area contributed by atoms with Gasteiger partial charge in [0.1, 0.15) is 5.52 Å². The molecule has 0 aliphatic rings. The predicted octanol–water partition coefficient (Wildman–Crippen LogP) is 3.25. The number of carbonyl (C=O) groups is 1. The van der Waals surface area contributed by atoms with Gasteiger partial charge in [-0.2, -0.15) is 0 Å². The van der Waals surface area contributed by atoms with Crippen LogP contribution in [0, 0.1) is 0 Å². The number of anilines is 1. The maximum absolute atomic E-state index is 12.5. The van der Waals surface area contributed by atoms with Crippen molar-refractivity contribution >= 4 is 33.5 Å². The Morgan fingerprint density at radius 1 is 1.12 bits per heavy atom. The van der Waals surface area contributed by atoms with Crippen molar-refractivity contribution in [2.45, 2.75) is 13.5 Å². The Morgan fingerprint density at radius 2 is 2.04 bits per heavy atom. The summed E-state index contributed by atoms with van der Waals surface area (Å²) < 4.78 is 1.80. The van der Waals surface area contributed by atoms with E-state index in [9.17, 15) is 4.79 Å². The maximum Gasteiger partial charge on any atom is 0.255 e. The van der Waals surface area contributed by atoms with E-state index >= 15 is 0 Å². The number of amides is 1. The third-order valence-electron chi connectivity index (χ3n) is 3.94. The Balaban J connectivity index is 1.62. The van der Waals surface area contributed by atoms with E-state index in [1.54, 1.807) is 23.0 Å². The summed E-state index contributed by atoms with van der Waals surface area (Å²) >= 11 is 0. The Morgan fingerprint density at radius 3 is 2.92 bits per heavy atom. The maximum atomic E-state index is 12.5. The minimum atomic E-state index is -0.175. The van der Waals surface area contributed by atoms with Crippen LogP contribution < -0.4 is 5.32 Å². The van der Waals surface area contributed by atoms with Crippen LogP contribution >= 0.6 is 0 Å². The van der Waals surface area contributed by atoms with Crippen molar-refractivity contribution in [2.75, 3.05) is 5.32 Å². The van der Waals surface area contributed by atoms with Crippen LogP contribution in [-0.2, 0) is 6.54 Å². The van der Waals surface area contributed by atoms with Gasteiger partial charge >= 0.3 is 0 Å². The summed E-state index contributed by atoms with van der Waals surface area (Å²) in [6, 6.07) is 14.9. The molecule has 6 nitrogen and oxygen atoms in total. The van der Waals surface area contributed by atoms with Crippen LogP contribution in [0.15, 0.2) is 54.7 Å². The van der Waals surface area contributed by atoms with Crippen molar-refractivity contribution in [1.82, 2.24) is 20.0 Å². The molecule has 2 aromatic carbocycles. The van der Waals surface area contributed by atoms with Crippen LogP contribution in [0.25, 0.3) is 21.9 Å². The summed E-state index contributed by atoms with van der Waals surface area (Å²) in [5, 5.41) is 12.1. The number of pyridine rings is 1. The first-order chi connectivity index (χ1) is 11.7. The summed E-state index contributed by atoms with van der Waals surface area (Å²) in [4.78, 5) is 16.8. The van der Waals surface area contributed by atoms with Crippen LogP contribution in [0.3, 0.4) is 0 Å². The highest BCUT2D eigenvalue weighted by molar-refractivity contribution is 6.06. The minimum Gasteiger partial charge on any atom is -0.322 e. The highest BCUT2D eigenvalue weighted by Crippen LogP contribution is 2.19. The second kappa shape index (κ2) is 5.73. The summed E-state index contributed by atoms with van der Waals surface area (Å²) in [6.45, 7) is 2.75. The smallest absolute Gasteiger partial charge is 0.255 e. The number of rotatable bonds is 3. The molecule has 0 unspecified atom stereocenters. The first-order valence-electron chi connectivity index (χ1n) is 7.74. The molecule has 1 N–H and O–H groups in total. The lowest BCUT2D eigenvalue weighted by molar-refractivity contribution is 0.102. The van der Waals surface area contributed by atoms with Gasteiger partial charge in [0, 0.05) is 29.4 Å². The number of nitrogens with one attached hydrogen (secondary N) is 1. The Bertz CT molecular complexity index is 1050. The molecule has 0 atom stereocenters. The van der Waals surface area contributed by atoms with E-state index in [2.05, 4.69) is 20.6 Å². The van der Waals surface area contributed by atoms with Crippen molar-refractivity contribution in [3.63, 3.8) is 0 Å². The third kappa shape index (κ3) is 2.48. The van der Waals surface area contributed by atoms with Crippen molar-refractivity contribution in [2.24, 2.45) is 0 Å². The summed E-state index contributed by atoms with van der Waals surface area (Å²) in [6.07, 6.45) is 1.75. The zero-order valence-corrected chi connectivity index (χ0v) is 13.1. The number of hydrogen-bond donors (Lipinski definition) is 1. The molecule has 0 saturated heterocycles. The molecule has 4 rings (SSSR count). The van der Waals surface area contributed by atoms with E-state index in [0.717, 1.165) is 28.7 Å². The largest absolute Gasteiger partial charge is 0.322 e. The van der Waals surface area contributed by atoms with Gasteiger partial charge in [0.05, 0.1) is 11.0 Å². The number of nitrogens with zero attached hydrogens (tertiary/aromatic N) is 4. The highest BCUT2D eigenvalue weighted by Gasteiger charge is 2.10. The number of aryl methyl sites for hydroxylation is 1. The molecular weight excluding hydrogens is 302 g/mol. The lowest BCUT2D eigenvalue weighted by atomic mass is 10.1. The molecule has 4 aromatic rings. The molecule has 0 spiro atoms. The standard InChI is InChI=1S/C18H15N5O/c1-2-23-17-8-5-13(11-16(17)21-22-23)18(24)20-14-6-7-15-12(10-14)4-3-9-19-15/h3-11H,2H2,1H3,(H,20,24). The molecule has 1 amide bonds. The van der Waals surface area contributed by atoms with E-state index < -0.39 is 0 Å². The molecule has 2 aromatic heterocycles. The molecule has 0 aliphatic heterocycles. The number of aromatic nitrogens is 4. The number of hydrogen-bond acceptors (Lipinski definition) is 4. The minimum absolute atomic E-state index is 0.175. The topological polar surface area (TPSA) is 72.7 Å². The van der Waals surface area contributed by atoms with Crippen LogP contribution in [0.2, 0.25) is 0 Å². The molecule has 24 heavy (non-hydrogen) atoms. The van der Waals surface area contributed by atoms with Gasteiger partial charge in [-0.05, 0) is 49.4 Å². The normalized spacial score (nSPS) is 11.0. The summed E-state index contributed by atoms with van der Waals surface area (Å²) in [7, 11) is 0. The molecule has 2 heterocycles. The molecule has 0 radical (unpaired) electrons. The molecule has 6 heteroatoms. The van der Waals surface area contributed by atoms with Crippen molar-refractivity contribution in [1.29, 1.82) is 0 Å². The van der Waals surface area contributed by atoms with Gasteiger partial charge in [0.15, 0.2) is 0 Å². The SMILES string of the molecule is CCn1nnc2cc(C(=O)Nc3ccc4ncccc4c3)ccc21. The zero-order valence-electron chi connectivity index (χ0n) is 13.1. The molecule has 0 saturated carbocycles. The summed E-state index contributed by atoms with van der Waals surface area (Å²) in [5.74, 6) is -0.175. The quantitative estimate of drug-likeness (QED) is 0.629. The van der Waals surface area contributed by atoms with Gasteiger partial charge in [0.2, 0.25) is 0 Å². The van der Waals surface area contributed by atoms with Gasteiger partial charge in [-0.25, -0.2) is 4.68 Å². The van der Waals surface area contributed by atoms with Gasteiger partial charge in [-0.3, -0.25) is 9.78 Å². The van der Waals surface area contributed by atoms with Crippen molar-refractivity contribution < 1.29 is 4.79 Å². The first-order valence-corrected chi connectivity index (χ1v) is 7.74. The third-order valence-corrected chi connectivity index (χ3v) is 3.94. The van der Waals surface area contributed by atoms with Crippen molar-refractivity contribution in [3.8, 4) is 0 Å². The van der Waals surface area contributed by atoms with Gasteiger partial charge in [0.25, 0.3) is 5.91 Å². The summed E-state index contributed by atoms with van der Waals surface area (Å²) in [5.41, 5.74) is 3.82. The highest BCUT2D eigenvalue weighted by atomic mass is 16.1. The molecule has 118 valence electrons. The molecule has 0 aliphatic carbocycles. The zero-order chi connectivity index (χ0) is 16.5. The van der Waals surface area contributed by atoms with E-state index in [0.29, 0.717) is 11.1 Å². The number of carbonyl (C=O) groups excluding carboxylic acids is 1. The van der Waals surface area contributed by atoms with Crippen LogP contribution in [-0.4, -0.2) is 25.9 Å². The second-order valence-electron chi connectivity index (χ2n) is 5.47. The average Bonchev–Trinajstić information content (AvgIpc) is 3.04. The lowest BCUT2D eigenvalue weighted by Gasteiger charge is -2.06. The predicted molar refractivity (Wildman–Crippen MR) is 92.9 cm³/mol. The Hall–Kier alpha value is -3.28. The molecule has 0 fully saturated rings. The number of fused-ring (bicyclic) bond motifs is 2. The van der Waals surface area contributed by atoms with E-state index in [-0.39, 0.29) is 5.91 Å². The second-order valence-corrected chi connectivity index (χ2v) is 5.47. The van der Waals surface area contributed by atoms with Crippen molar-refractivity contribution in [3.05, 3.63) is 60.3 Å². The Kier molecular flexibility index (Phi) is 3.42. The number of benzene rings is 2.